The zero-order chi connectivity index (χ0) is 11.7. The summed E-state index contributed by atoms with van der Waals surface area (Å²) < 4.78 is 4.55. The molecule has 0 aromatic carbocycles. The van der Waals surface area contributed by atoms with Crippen molar-refractivity contribution < 1.29 is 19.4 Å². The topological polar surface area (TPSA) is 75.6 Å². The summed E-state index contributed by atoms with van der Waals surface area (Å²) in [5, 5.41) is 11.1. The zero-order valence-corrected chi connectivity index (χ0v) is 9.80. The van der Waals surface area contributed by atoms with Crippen molar-refractivity contribution in [3.8, 4) is 0 Å². The number of amides is 1. The summed E-state index contributed by atoms with van der Waals surface area (Å²) in [6.45, 7) is 1.49. The number of carbonyl (C=O) groups excluding carboxylic acids is 2. The Kier molecular flexibility index (Phi) is 8.12. The molecule has 0 rings (SSSR count). The second-order valence-electron chi connectivity index (χ2n) is 2.93. The minimum atomic E-state index is -0.601. The van der Waals surface area contributed by atoms with Crippen LogP contribution in [0.2, 0.25) is 0 Å². The van der Waals surface area contributed by atoms with Crippen molar-refractivity contribution >= 4 is 23.6 Å². The summed E-state index contributed by atoms with van der Waals surface area (Å²) in [5.41, 5.74) is 0. The van der Waals surface area contributed by atoms with Crippen LogP contribution in [-0.4, -0.2) is 48.2 Å². The van der Waals surface area contributed by atoms with Crippen molar-refractivity contribution in [1.29, 1.82) is 0 Å². The van der Waals surface area contributed by atoms with Crippen molar-refractivity contribution in [2.24, 2.45) is 0 Å². The first-order valence-corrected chi connectivity index (χ1v) is 5.80. The number of nitrogens with one attached hydrogen (secondary N) is 1. The van der Waals surface area contributed by atoms with Crippen LogP contribution < -0.4 is 5.32 Å². The molecule has 0 bridgehead atoms. The maximum Gasteiger partial charge on any atom is 0.329 e. The number of ether oxygens (including phenoxy) is 1. The highest BCUT2D eigenvalue weighted by Gasteiger charge is 2.19. The quantitative estimate of drug-likeness (QED) is 0.471. The van der Waals surface area contributed by atoms with E-state index in [1.165, 1.54) is 25.8 Å². The number of aliphatic hydroxyl groups is 1. The van der Waals surface area contributed by atoms with E-state index >= 15 is 0 Å². The summed E-state index contributed by atoms with van der Waals surface area (Å²) in [7, 11) is 1.29. The lowest BCUT2D eigenvalue weighted by molar-refractivity contribution is -0.144. The molecule has 0 aliphatic carbocycles. The monoisotopic (exact) mass is 235 g/mol. The van der Waals surface area contributed by atoms with E-state index in [1.54, 1.807) is 0 Å². The SMILES string of the molecule is COC(=O)[C@H](CSCCCO)NC(C)=O. The molecule has 88 valence electrons. The van der Waals surface area contributed by atoms with Crippen molar-refractivity contribution in [3.05, 3.63) is 0 Å². The Balaban J connectivity index is 3.90. The fourth-order valence-electron chi connectivity index (χ4n) is 0.924. The Labute approximate surface area is 93.6 Å². The van der Waals surface area contributed by atoms with Crippen LogP contribution in [0.25, 0.3) is 0 Å². The van der Waals surface area contributed by atoms with Crippen molar-refractivity contribution in [2.45, 2.75) is 19.4 Å². The number of hydrogen-bond donors (Lipinski definition) is 2. The molecule has 15 heavy (non-hydrogen) atoms. The number of thioether (sulfide) groups is 1. The van der Waals surface area contributed by atoms with E-state index in [1.807, 2.05) is 0 Å². The molecule has 6 heteroatoms. The van der Waals surface area contributed by atoms with E-state index in [0.717, 1.165) is 5.75 Å². The molecule has 0 fully saturated rings. The molecule has 0 saturated heterocycles. The predicted octanol–water partition coefficient (Wildman–Crippen LogP) is -0.220. The molecular weight excluding hydrogens is 218 g/mol. The number of carbonyl (C=O) groups is 2. The van der Waals surface area contributed by atoms with Gasteiger partial charge in [-0.05, 0) is 12.2 Å². The highest BCUT2D eigenvalue weighted by atomic mass is 32.2. The molecule has 0 spiro atoms. The largest absolute Gasteiger partial charge is 0.467 e. The number of methoxy groups -OCH3 is 1. The van der Waals surface area contributed by atoms with Crippen LogP contribution in [0, 0.1) is 0 Å². The maximum atomic E-state index is 11.2. The molecule has 0 aliphatic heterocycles. The smallest absolute Gasteiger partial charge is 0.329 e. The Morgan fingerprint density at radius 2 is 2.20 bits per heavy atom. The van der Waals surface area contributed by atoms with Gasteiger partial charge in [0.1, 0.15) is 6.04 Å². The van der Waals surface area contributed by atoms with E-state index in [2.05, 4.69) is 10.1 Å². The summed E-state index contributed by atoms with van der Waals surface area (Å²) in [6, 6.07) is -0.601. The molecule has 5 nitrogen and oxygen atoms in total. The standard InChI is InChI=1S/C9H17NO4S/c1-7(12)10-8(9(13)14-2)6-15-5-3-4-11/h8,11H,3-6H2,1-2H3,(H,10,12)/t8-/m0/s1. The highest BCUT2D eigenvalue weighted by molar-refractivity contribution is 7.99. The molecular formula is C9H17NO4S. The van der Waals surface area contributed by atoms with Gasteiger partial charge < -0.3 is 15.2 Å². The average molecular weight is 235 g/mol. The molecule has 0 aromatic heterocycles. The van der Waals surface area contributed by atoms with Gasteiger partial charge in [0.15, 0.2) is 0 Å². The lowest BCUT2D eigenvalue weighted by atomic mass is 10.3. The van der Waals surface area contributed by atoms with Crippen LogP contribution in [0.15, 0.2) is 0 Å². The van der Waals surface area contributed by atoms with Gasteiger partial charge in [-0.15, -0.1) is 0 Å². The molecule has 0 aromatic rings. The lowest BCUT2D eigenvalue weighted by Crippen LogP contribution is -2.42. The minimum absolute atomic E-state index is 0.135. The maximum absolute atomic E-state index is 11.2. The first-order valence-electron chi connectivity index (χ1n) is 4.65. The van der Waals surface area contributed by atoms with Gasteiger partial charge in [-0.2, -0.15) is 11.8 Å². The Bertz CT molecular complexity index is 210. The Hall–Kier alpha value is -0.750. The Morgan fingerprint density at radius 1 is 1.53 bits per heavy atom. The van der Waals surface area contributed by atoms with Gasteiger partial charge in [-0.25, -0.2) is 4.79 Å². The van der Waals surface area contributed by atoms with Crippen LogP contribution in [0.5, 0.6) is 0 Å². The van der Waals surface area contributed by atoms with Crippen LogP contribution in [0.3, 0.4) is 0 Å². The molecule has 1 atom stereocenters. The van der Waals surface area contributed by atoms with Crippen molar-refractivity contribution in [1.82, 2.24) is 5.32 Å². The van der Waals surface area contributed by atoms with Crippen molar-refractivity contribution in [2.75, 3.05) is 25.2 Å². The van der Waals surface area contributed by atoms with E-state index in [-0.39, 0.29) is 12.5 Å². The molecule has 0 saturated carbocycles. The van der Waals surface area contributed by atoms with Crippen molar-refractivity contribution in [3.63, 3.8) is 0 Å². The third-order valence-electron chi connectivity index (χ3n) is 1.59. The number of hydrogen-bond acceptors (Lipinski definition) is 5. The minimum Gasteiger partial charge on any atom is -0.467 e. The number of rotatable bonds is 7. The lowest BCUT2D eigenvalue weighted by Gasteiger charge is -2.14. The first-order chi connectivity index (χ1) is 7.11. The van der Waals surface area contributed by atoms with E-state index < -0.39 is 12.0 Å². The van der Waals surface area contributed by atoms with Crippen LogP contribution >= 0.6 is 11.8 Å². The van der Waals surface area contributed by atoms with E-state index in [4.69, 9.17) is 5.11 Å². The molecule has 1 amide bonds. The summed E-state index contributed by atoms with van der Waals surface area (Å²) in [6.07, 6.45) is 0.679. The molecule has 0 aliphatic rings. The van der Waals surface area contributed by atoms with Crippen LogP contribution in [0.1, 0.15) is 13.3 Å². The normalized spacial score (nSPS) is 11.9. The molecule has 0 heterocycles. The third kappa shape index (κ3) is 7.21. The second-order valence-corrected chi connectivity index (χ2v) is 4.08. The van der Waals surface area contributed by atoms with Gasteiger partial charge in [0.25, 0.3) is 0 Å². The van der Waals surface area contributed by atoms with Gasteiger partial charge in [-0.1, -0.05) is 0 Å². The van der Waals surface area contributed by atoms with E-state index in [9.17, 15) is 9.59 Å². The first kappa shape index (κ1) is 14.2. The van der Waals surface area contributed by atoms with E-state index in [0.29, 0.717) is 12.2 Å². The molecule has 0 radical (unpaired) electrons. The van der Waals surface area contributed by atoms with Gasteiger partial charge in [0, 0.05) is 19.3 Å². The molecule has 0 unspecified atom stereocenters. The van der Waals surface area contributed by atoms with Gasteiger partial charge in [0.05, 0.1) is 7.11 Å². The second kappa shape index (κ2) is 8.55. The average Bonchev–Trinajstić information content (AvgIpc) is 2.21. The molecule has 2 N–H and O–H groups in total. The van der Waals surface area contributed by atoms with Crippen LogP contribution in [-0.2, 0) is 14.3 Å². The zero-order valence-electron chi connectivity index (χ0n) is 8.99. The number of esters is 1. The summed E-state index contributed by atoms with van der Waals surface area (Å²) in [5.74, 6) is 0.519. The summed E-state index contributed by atoms with van der Waals surface area (Å²) in [4.78, 5) is 22.0. The van der Waals surface area contributed by atoms with Crippen LogP contribution in [0.4, 0.5) is 0 Å². The Morgan fingerprint density at radius 3 is 2.67 bits per heavy atom. The van der Waals surface area contributed by atoms with Gasteiger partial charge in [-0.3, -0.25) is 4.79 Å². The van der Waals surface area contributed by atoms with Gasteiger partial charge >= 0.3 is 5.97 Å². The third-order valence-corrected chi connectivity index (χ3v) is 2.74. The summed E-state index contributed by atoms with van der Waals surface area (Å²) >= 11 is 1.50. The highest BCUT2D eigenvalue weighted by Crippen LogP contribution is 2.05. The number of aliphatic hydroxyl groups excluding tert-OH is 1. The predicted molar refractivity (Wildman–Crippen MR) is 58.6 cm³/mol. The fraction of sp³-hybridized carbons (Fsp3) is 0.778. The fourth-order valence-corrected chi connectivity index (χ4v) is 1.88. The van der Waals surface area contributed by atoms with Gasteiger partial charge in [0.2, 0.25) is 5.91 Å².